The van der Waals surface area contributed by atoms with Crippen molar-refractivity contribution in [3.8, 4) is 5.75 Å². The highest BCUT2D eigenvalue weighted by atomic mass is 32.2. The molecular weight excluding hydrogens is 424 g/mol. The van der Waals surface area contributed by atoms with Gasteiger partial charge in [-0.25, -0.2) is 9.50 Å². The molecule has 2 aromatic carbocycles. The van der Waals surface area contributed by atoms with Crippen LogP contribution in [0.4, 0.5) is 0 Å². The van der Waals surface area contributed by atoms with Gasteiger partial charge in [0.25, 0.3) is 5.78 Å². The quantitative estimate of drug-likeness (QED) is 0.328. The van der Waals surface area contributed by atoms with Crippen molar-refractivity contribution in [3.63, 3.8) is 0 Å². The molecule has 4 aromatic rings. The smallest absolute Gasteiger partial charge is 0.253 e. The number of fused-ring (bicyclic) bond motifs is 2. The molecule has 7 nitrogen and oxygen atoms in total. The van der Waals surface area contributed by atoms with Crippen LogP contribution in [0.25, 0.3) is 5.78 Å². The lowest BCUT2D eigenvalue weighted by Gasteiger charge is -2.23. The van der Waals surface area contributed by atoms with Crippen molar-refractivity contribution >= 4 is 29.1 Å². The number of ketones is 2. The Kier molecular flexibility index (Phi) is 5.45. The van der Waals surface area contributed by atoms with Crippen molar-refractivity contribution in [2.24, 2.45) is 0 Å². The van der Waals surface area contributed by atoms with Crippen molar-refractivity contribution in [1.29, 1.82) is 0 Å². The number of carbonyl (C=O) groups excluding carboxylic acids is 2. The van der Waals surface area contributed by atoms with E-state index in [1.165, 1.54) is 16.3 Å². The summed E-state index contributed by atoms with van der Waals surface area (Å²) >= 11 is 1.26. The van der Waals surface area contributed by atoms with Crippen molar-refractivity contribution in [3.05, 3.63) is 83.2 Å². The van der Waals surface area contributed by atoms with Crippen LogP contribution in [0, 0.1) is 0 Å². The summed E-state index contributed by atoms with van der Waals surface area (Å²) in [6, 6.07) is 16.9. The third kappa shape index (κ3) is 4.01. The van der Waals surface area contributed by atoms with E-state index >= 15 is 0 Å². The van der Waals surface area contributed by atoms with Crippen LogP contribution in [0.5, 0.6) is 5.75 Å². The van der Waals surface area contributed by atoms with Crippen LogP contribution >= 0.6 is 11.8 Å². The maximum Gasteiger partial charge on any atom is 0.253 e. The SMILES string of the molecule is COc1ccc(C2CC(=O)c3cn4nc(SCC(=O)c5ccccc5)nc4nc3C2)cc1. The van der Waals surface area contributed by atoms with Gasteiger partial charge < -0.3 is 4.74 Å². The highest BCUT2D eigenvalue weighted by Crippen LogP contribution is 2.33. The first-order valence-corrected chi connectivity index (χ1v) is 11.2. The molecule has 0 radical (unpaired) electrons. The van der Waals surface area contributed by atoms with Gasteiger partial charge in [0, 0.05) is 18.2 Å². The third-order valence-electron chi connectivity index (χ3n) is 5.58. The molecule has 1 aliphatic carbocycles. The molecule has 0 fully saturated rings. The minimum Gasteiger partial charge on any atom is -0.497 e. The van der Waals surface area contributed by atoms with E-state index in [1.807, 2.05) is 42.5 Å². The van der Waals surface area contributed by atoms with E-state index in [0.717, 1.165) is 17.0 Å². The van der Waals surface area contributed by atoms with E-state index in [1.54, 1.807) is 25.4 Å². The first-order valence-electron chi connectivity index (χ1n) is 10.2. The van der Waals surface area contributed by atoms with E-state index in [9.17, 15) is 9.59 Å². The van der Waals surface area contributed by atoms with E-state index in [0.29, 0.717) is 34.9 Å². The van der Waals surface area contributed by atoms with E-state index < -0.39 is 0 Å². The summed E-state index contributed by atoms with van der Waals surface area (Å²) in [6.07, 6.45) is 2.79. The number of hydrogen-bond acceptors (Lipinski definition) is 7. The highest BCUT2D eigenvalue weighted by molar-refractivity contribution is 7.99. The molecule has 8 heteroatoms. The molecule has 0 bridgehead atoms. The molecule has 160 valence electrons. The lowest BCUT2D eigenvalue weighted by Crippen LogP contribution is -2.21. The second-order valence-corrected chi connectivity index (χ2v) is 8.56. The van der Waals surface area contributed by atoms with Gasteiger partial charge in [-0.05, 0) is 30.0 Å². The Morgan fingerprint density at radius 3 is 2.62 bits per heavy atom. The van der Waals surface area contributed by atoms with E-state index in [-0.39, 0.29) is 23.2 Å². The van der Waals surface area contributed by atoms with Crippen molar-refractivity contribution < 1.29 is 14.3 Å². The number of methoxy groups -OCH3 is 1. The van der Waals surface area contributed by atoms with Gasteiger partial charge in [0.15, 0.2) is 11.6 Å². The monoisotopic (exact) mass is 444 g/mol. The maximum atomic E-state index is 12.8. The molecule has 1 atom stereocenters. The topological polar surface area (TPSA) is 86.5 Å². The molecule has 5 rings (SSSR count). The van der Waals surface area contributed by atoms with Gasteiger partial charge in [0.05, 0.1) is 24.1 Å². The maximum absolute atomic E-state index is 12.8. The van der Waals surface area contributed by atoms with Crippen LogP contribution in [0.1, 0.15) is 44.3 Å². The molecule has 2 aromatic heterocycles. The predicted octanol–water partition coefficient (Wildman–Crippen LogP) is 4.02. The average Bonchev–Trinajstić information content (AvgIpc) is 3.23. The predicted molar refractivity (Wildman–Crippen MR) is 121 cm³/mol. The fourth-order valence-corrected chi connectivity index (χ4v) is 4.59. The Bertz CT molecular complexity index is 1300. The Balaban J connectivity index is 1.36. The van der Waals surface area contributed by atoms with Crippen LogP contribution in [0.3, 0.4) is 0 Å². The number of ether oxygens (including phenoxy) is 1. The number of aromatic nitrogens is 4. The number of rotatable bonds is 6. The minimum absolute atomic E-state index is 0.0132. The number of thioether (sulfide) groups is 1. The summed E-state index contributed by atoms with van der Waals surface area (Å²) in [5.74, 6) is 1.58. The Morgan fingerprint density at radius 1 is 1.09 bits per heavy atom. The molecule has 0 saturated carbocycles. The number of nitrogens with zero attached hydrogens (tertiary/aromatic N) is 4. The van der Waals surface area contributed by atoms with Gasteiger partial charge in [-0.15, -0.1) is 5.10 Å². The fraction of sp³-hybridized carbons (Fsp3) is 0.208. The van der Waals surface area contributed by atoms with E-state index in [2.05, 4.69) is 15.1 Å². The number of Topliss-reactive ketones (excluding diaryl/α,β-unsaturated/α-hetero) is 2. The van der Waals surface area contributed by atoms with Crippen LogP contribution in [0.2, 0.25) is 0 Å². The van der Waals surface area contributed by atoms with Crippen molar-refractivity contribution in [2.45, 2.75) is 23.9 Å². The van der Waals surface area contributed by atoms with E-state index in [4.69, 9.17) is 4.74 Å². The third-order valence-corrected chi connectivity index (χ3v) is 6.42. The van der Waals surface area contributed by atoms with Crippen LogP contribution in [-0.4, -0.2) is 44.0 Å². The number of carbonyl (C=O) groups is 2. The molecule has 32 heavy (non-hydrogen) atoms. The zero-order valence-electron chi connectivity index (χ0n) is 17.4. The van der Waals surface area contributed by atoms with Gasteiger partial charge in [0.2, 0.25) is 5.16 Å². The van der Waals surface area contributed by atoms with Gasteiger partial charge in [-0.1, -0.05) is 54.2 Å². The van der Waals surface area contributed by atoms with Crippen LogP contribution in [-0.2, 0) is 6.42 Å². The lowest BCUT2D eigenvalue weighted by molar-refractivity contribution is 0.0961. The number of benzene rings is 2. The molecule has 0 N–H and O–H groups in total. The molecule has 2 heterocycles. The zero-order valence-corrected chi connectivity index (χ0v) is 18.2. The van der Waals surface area contributed by atoms with Crippen LogP contribution < -0.4 is 4.74 Å². The molecular formula is C24H20N4O3S. The molecule has 0 saturated heterocycles. The second-order valence-electron chi connectivity index (χ2n) is 7.62. The first kappa shape index (κ1) is 20.4. The van der Waals surface area contributed by atoms with Gasteiger partial charge in [-0.3, -0.25) is 9.59 Å². The second kappa shape index (κ2) is 8.55. The van der Waals surface area contributed by atoms with Gasteiger partial charge >= 0.3 is 0 Å². The van der Waals surface area contributed by atoms with Crippen molar-refractivity contribution in [1.82, 2.24) is 19.6 Å². The molecule has 1 aliphatic rings. The molecule has 0 aliphatic heterocycles. The number of hydrogen-bond donors (Lipinski definition) is 0. The van der Waals surface area contributed by atoms with Crippen LogP contribution in [0.15, 0.2) is 66.0 Å². The summed E-state index contributed by atoms with van der Waals surface area (Å²) in [7, 11) is 1.63. The first-order chi connectivity index (χ1) is 15.6. The Morgan fingerprint density at radius 2 is 1.88 bits per heavy atom. The van der Waals surface area contributed by atoms with Gasteiger partial charge in [0.1, 0.15) is 5.75 Å². The standard InChI is InChI=1S/C24H20N4O3S/c1-31-18-9-7-15(8-10-18)17-11-20-19(21(29)12-17)13-28-23(25-20)26-24(27-28)32-14-22(30)16-5-3-2-4-6-16/h2-10,13,17H,11-12,14H2,1H3. The average molecular weight is 445 g/mol. The zero-order chi connectivity index (χ0) is 22.1. The fourth-order valence-electron chi connectivity index (χ4n) is 3.87. The Labute approximate surface area is 188 Å². The molecule has 0 spiro atoms. The lowest BCUT2D eigenvalue weighted by atomic mass is 9.82. The Hall–Kier alpha value is -3.52. The molecule has 1 unspecified atom stereocenters. The normalized spacial score (nSPS) is 15.5. The van der Waals surface area contributed by atoms with Crippen molar-refractivity contribution in [2.75, 3.05) is 12.9 Å². The summed E-state index contributed by atoms with van der Waals surface area (Å²) in [6.45, 7) is 0. The summed E-state index contributed by atoms with van der Waals surface area (Å²) in [5.41, 5.74) is 3.07. The minimum atomic E-state index is 0.0132. The summed E-state index contributed by atoms with van der Waals surface area (Å²) < 4.78 is 6.75. The highest BCUT2D eigenvalue weighted by Gasteiger charge is 2.28. The molecule has 0 amide bonds. The largest absolute Gasteiger partial charge is 0.497 e. The van der Waals surface area contributed by atoms with Gasteiger partial charge in [-0.2, -0.15) is 4.98 Å². The summed E-state index contributed by atoms with van der Waals surface area (Å²) in [5, 5.41) is 4.87. The summed E-state index contributed by atoms with van der Waals surface area (Å²) in [4.78, 5) is 34.3.